The number of carbonyl (C=O) groups excluding carboxylic acids is 1. The Hall–Kier alpha value is -2.80. The zero-order valence-corrected chi connectivity index (χ0v) is 15.6. The largest absolute Gasteiger partial charge is 0.340 e. The van der Waals surface area contributed by atoms with Crippen LogP contribution in [0.2, 0.25) is 0 Å². The number of nitrogens with zero attached hydrogens (tertiary/aromatic N) is 6. The minimum absolute atomic E-state index is 0.128. The van der Waals surface area contributed by atoms with Crippen molar-refractivity contribution >= 4 is 16.8 Å². The predicted molar refractivity (Wildman–Crippen MR) is 103 cm³/mol. The molecule has 3 heterocycles. The molecule has 0 aliphatic carbocycles. The quantitative estimate of drug-likeness (QED) is 0.707. The van der Waals surface area contributed by atoms with Gasteiger partial charge >= 0.3 is 0 Å². The van der Waals surface area contributed by atoms with Crippen LogP contribution in [0.25, 0.3) is 10.9 Å². The zero-order valence-electron chi connectivity index (χ0n) is 15.6. The molecular formula is C20H24N6O. The van der Waals surface area contributed by atoms with Gasteiger partial charge in [0.05, 0.1) is 5.52 Å². The van der Waals surface area contributed by atoms with Crippen LogP contribution in [0.15, 0.2) is 42.9 Å². The maximum atomic E-state index is 12.7. The minimum Gasteiger partial charge on any atom is -0.340 e. The third-order valence-electron chi connectivity index (χ3n) is 4.94. The fraction of sp³-hybridized carbons (Fsp3) is 0.400. The summed E-state index contributed by atoms with van der Waals surface area (Å²) >= 11 is 0. The summed E-state index contributed by atoms with van der Waals surface area (Å²) in [6.45, 7) is 6.38. The molecule has 0 saturated carbocycles. The molecule has 7 nitrogen and oxygen atoms in total. The van der Waals surface area contributed by atoms with Gasteiger partial charge in [-0.1, -0.05) is 18.2 Å². The van der Waals surface area contributed by atoms with Crippen LogP contribution in [-0.4, -0.2) is 61.6 Å². The molecule has 0 spiro atoms. The Morgan fingerprint density at radius 1 is 1.07 bits per heavy atom. The maximum absolute atomic E-state index is 12.7. The van der Waals surface area contributed by atoms with Crippen LogP contribution in [0.3, 0.4) is 0 Å². The summed E-state index contributed by atoms with van der Waals surface area (Å²) in [4.78, 5) is 25.6. The summed E-state index contributed by atoms with van der Waals surface area (Å²) in [5.74, 6) is 0.918. The number of rotatable bonds is 4. The number of hydrogen-bond donors (Lipinski definition) is 0. The Balaban J connectivity index is 1.34. The molecule has 140 valence electrons. The Labute approximate surface area is 158 Å². The molecule has 1 amide bonds. The number of carbonyl (C=O) groups is 1. The molecule has 0 N–H and O–H groups in total. The van der Waals surface area contributed by atoms with Crippen molar-refractivity contribution in [3.8, 4) is 0 Å². The van der Waals surface area contributed by atoms with Crippen molar-refractivity contribution in [1.82, 2.24) is 29.5 Å². The number of aromatic nitrogens is 4. The van der Waals surface area contributed by atoms with Crippen molar-refractivity contribution in [2.75, 3.05) is 26.2 Å². The summed E-state index contributed by atoms with van der Waals surface area (Å²) in [6.07, 6.45) is 6.69. The van der Waals surface area contributed by atoms with Gasteiger partial charge in [0.1, 0.15) is 12.4 Å². The van der Waals surface area contributed by atoms with E-state index in [9.17, 15) is 4.79 Å². The van der Waals surface area contributed by atoms with Gasteiger partial charge in [-0.15, -0.1) is 0 Å². The molecule has 7 heteroatoms. The number of amides is 1. The average Bonchev–Trinajstić information content (AvgIpc) is 2.93. The Bertz CT molecular complexity index is 887. The second-order valence-corrected chi connectivity index (χ2v) is 7.03. The highest BCUT2D eigenvalue weighted by Crippen LogP contribution is 2.12. The summed E-state index contributed by atoms with van der Waals surface area (Å²) in [5, 5.41) is 5.56. The van der Waals surface area contributed by atoms with Crippen LogP contribution in [0.1, 0.15) is 17.8 Å². The van der Waals surface area contributed by atoms with Crippen molar-refractivity contribution in [2.24, 2.45) is 0 Å². The number of aryl methyl sites for hydroxylation is 1. The van der Waals surface area contributed by atoms with Gasteiger partial charge in [0.25, 0.3) is 0 Å². The topological polar surface area (TPSA) is 67.2 Å². The second kappa shape index (κ2) is 7.84. The molecule has 3 aromatic rings. The smallest absolute Gasteiger partial charge is 0.244 e. The molecule has 0 atom stereocenters. The summed E-state index contributed by atoms with van der Waals surface area (Å²) < 4.78 is 1.75. The molecule has 1 fully saturated rings. The molecule has 4 rings (SSSR count). The van der Waals surface area contributed by atoms with Gasteiger partial charge in [0.2, 0.25) is 5.91 Å². The van der Waals surface area contributed by atoms with Gasteiger partial charge in [-0.05, 0) is 19.4 Å². The van der Waals surface area contributed by atoms with E-state index in [4.69, 9.17) is 0 Å². The highest BCUT2D eigenvalue weighted by molar-refractivity contribution is 5.79. The number of benzene rings is 1. The van der Waals surface area contributed by atoms with E-state index in [2.05, 4.69) is 20.0 Å². The summed E-state index contributed by atoms with van der Waals surface area (Å²) in [5.41, 5.74) is 2.04. The van der Waals surface area contributed by atoms with Crippen molar-refractivity contribution in [3.63, 3.8) is 0 Å². The van der Waals surface area contributed by atoms with Crippen molar-refractivity contribution < 1.29 is 4.79 Å². The predicted octanol–water partition coefficient (Wildman–Crippen LogP) is 1.87. The average molecular weight is 364 g/mol. The molecule has 27 heavy (non-hydrogen) atoms. The van der Waals surface area contributed by atoms with Gasteiger partial charge < -0.3 is 4.90 Å². The third kappa shape index (κ3) is 4.31. The molecule has 0 radical (unpaired) electrons. The van der Waals surface area contributed by atoms with Crippen LogP contribution >= 0.6 is 0 Å². The van der Waals surface area contributed by atoms with Gasteiger partial charge in [-0.3, -0.25) is 14.4 Å². The van der Waals surface area contributed by atoms with Gasteiger partial charge in [0, 0.05) is 62.3 Å². The molecule has 2 aromatic heterocycles. The standard InChI is InChI=1S/C20H24N6O/c1-16-21-11-17(12-22-16)13-24-7-4-8-25(10-9-24)20(27)15-26-14-18-5-2-3-6-19(18)23-26/h2-3,5-6,11-12,14H,4,7-10,13,15H2,1H3. The van der Waals surface area contributed by atoms with Crippen LogP contribution in [0, 0.1) is 6.92 Å². The monoisotopic (exact) mass is 364 g/mol. The molecule has 1 aromatic carbocycles. The molecular weight excluding hydrogens is 340 g/mol. The van der Waals surface area contributed by atoms with Crippen LogP contribution in [0.5, 0.6) is 0 Å². The molecule has 1 aliphatic rings. The first kappa shape index (κ1) is 17.6. The molecule has 1 saturated heterocycles. The zero-order chi connectivity index (χ0) is 18.6. The first-order chi connectivity index (χ1) is 13.2. The van der Waals surface area contributed by atoms with E-state index in [0.717, 1.165) is 61.4 Å². The highest BCUT2D eigenvalue weighted by Gasteiger charge is 2.20. The summed E-state index contributed by atoms with van der Waals surface area (Å²) in [6, 6.07) is 7.93. The summed E-state index contributed by atoms with van der Waals surface area (Å²) in [7, 11) is 0. The molecule has 0 unspecified atom stereocenters. The van der Waals surface area contributed by atoms with Gasteiger partial charge in [-0.2, -0.15) is 5.10 Å². The lowest BCUT2D eigenvalue weighted by Gasteiger charge is -2.22. The Morgan fingerprint density at radius 3 is 2.70 bits per heavy atom. The molecule has 0 bridgehead atoms. The fourth-order valence-corrected chi connectivity index (χ4v) is 3.47. The fourth-order valence-electron chi connectivity index (χ4n) is 3.47. The van der Waals surface area contributed by atoms with E-state index in [1.54, 1.807) is 4.68 Å². The lowest BCUT2D eigenvalue weighted by Crippen LogP contribution is -2.37. The van der Waals surface area contributed by atoms with E-state index in [1.807, 2.05) is 54.7 Å². The maximum Gasteiger partial charge on any atom is 0.244 e. The normalized spacial score (nSPS) is 15.8. The van der Waals surface area contributed by atoms with Gasteiger partial charge in [0.15, 0.2) is 0 Å². The van der Waals surface area contributed by atoms with E-state index >= 15 is 0 Å². The van der Waals surface area contributed by atoms with E-state index in [-0.39, 0.29) is 5.91 Å². The van der Waals surface area contributed by atoms with Crippen LogP contribution < -0.4 is 0 Å². The van der Waals surface area contributed by atoms with Gasteiger partial charge in [-0.25, -0.2) is 9.97 Å². The number of hydrogen-bond acceptors (Lipinski definition) is 5. The van der Waals surface area contributed by atoms with E-state index in [0.29, 0.717) is 6.54 Å². The Morgan fingerprint density at radius 2 is 1.89 bits per heavy atom. The lowest BCUT2D eigenvalue weighted by molar-refractivity contribution is -0.131. The minimum atomic E-state index is 0.128. The number of fused-ring (bicyclic) bond motifs is 1. The van der Waals surface area contributed by atoms with Crippen molar-refractivity contribution in [2.45, 2.75) is 26.4 Å². The van der Waals surface area contributed by atoms with E-state index in [1.165, 1.54) is 0 Å². The molecule has 1 aliphatic heterocycles. The van der Waals surface area contributed by atoms with Crippen LogP contribution in [0.4, 0.5) is 0 Å². The second-order valence-electron chi connectivity index (χ2n) is 7.03. The highest BCUT2D eigenvalue weighted by atomic mass is 16.2. The first-order valence-electron chi connectivity index (χ1n) is 9.37. The van der Waals surface area contributed by atoms with Crippen molar-refractivity contribution in [3.05, 3.63) is 54.2 Å². The lowest BCUT2D eigenvalue weighted by atomic mass is 10.3. The SMILES string of the molecule is Cc1ncc(CN2CCCN(C(=O)Cn3cc4ccccc4n3)CC2)cn1. The van der Waals surface area contributed by atoms with Crippen molar-refractivity contribution in [1.29, 1.82) is 0 Å². The van der Waals surface area contributed by atoms with E-state index < -0.39 is 0 Å². The Kier molecular flexibility index (Phi) is 5.11. The van der Waals surface area contributed by atoms with Crippen LogP contribution in [-0.2, 0) is 17.9 Å². The third-order valence-corrected chi connectivity index (χ3v) is 4.94. The first-order valence-corrected chi connectivity index (χ1v) is 9.37.